The molecule has 2 aromatic carbocycles. The lowest BCUT2D eigenvalue weighted by molar-refractivity contribution is -0.144. The fraction of sp³-hybridized carbons (Fsp3) is 0.381. The van der Waals surface area contributed by atoms with Crippen molar-refractivity contribution in [2.45, 2.75) is 26.9 Å². The highest BCUT2D eigenvalue weighted by atomic mass is 16.5. The summed E-state index contributed by atoms with van der Waals surface area (Å²) >= 11 is 0. The Balaban J connectivity index is 2.02. The Kier molecular flexibility index (Phi) is 7.33. The zero-order valence-corrected chi connectivity index (χ0v) is 16.0. The van der Waals surface area contributed by atoms with E-state index in [1.165, 1.54) is 0 Å². The van der Waals surface area contributed by atoms with E-state index in [2.05, 4.69) is 24.8 Å². The Hall–Kier alpha value is -2.69. The van der Waals surface area contributed by atoms with Crippen LogP contribution in [0.25, 0.3) is 0 Å². The van der Waals surface area contributed by atoms with Crippen LogP contribution in [0.3, 0.4) is 0 Å². The van der Waals surface area contributed by atoms with Crippen LogP contribution < -0.4 is 14.4 Å². The van der Waals surface area contributed by atoms with E-state index in [9.17, 15) is 4.79 Å². The smallest absolute Gasteiger partial charge is 0.310 e. The minimum absolute atomic E-state index is 0.188. The third kappa shape index (κ3) is 4.91. The molecule has 0 aliphatic heterocycles. The molecule has 0 heterocycles. The number of esters is 1. The topological polar surface area (TPSA) is 48.0 Å². The van der Waals surface area contributed by atoms with Gasteiger partial charge in [0.1, 0.15) is 6.61 Å². The largest absolute Gasteiger partial charge is 0.493 e. The molecule has 0 bridgehead atoms. The number of carbonyl (C=O) groups is 1. The Morgan fingerprint density at radius 3 is 2.31 bits per heavy atom. The Bertz CT molecular complexity index is 726. The summed E-state index contributed by atoms with van der Waals surface area (Å²) in [4.78, 5) is 14.5. The molecule has 140 valence electrons. The van der Waals surface area contributed by atoms with Gasteiger partial charge in [-0.25, -0.2) is 0 Å². The third-order valence-electron chi connectivity index (χ3n) is 4.28. The maximum atomic E-state index is 12.3. The minimum atomic E-state index is -0.272. The van der Waals surface area contributed by atoms with Gasteiger partial charge in [0, 0.05) is 24.3 Å². The number of anilines is 1. The lowest BCUT2D eigenvalue weighted by atomic mass is 10.1. The van der Waals surface area contributed by atoms with E-state index >= 15 is 0 Å². The van der Waals surface area contributed by atoms with Crippen LogP contribution in [0.2, 0.25) is 0 Å². The molecule has 2 aromatic rings. The van der Waals surface area contributed by atoms with Crippen molar-refractivity contribution < 1.29 is 19.0 Å². The first-order chi connectivity index (χ1) is 12.6. The summed E-state index contributed by atoms with van der Waals surface area (Å²) < 4.78 is 16.0. The zero-order valence-electron chi connectivity index (χ0n) is 16.0. The fourth-order valence-electron chi connectivity index (χ4n) is 2.87. The molecule has 0 fully saturated rings. The molecule has 0 aliphatic rings. The number of benzene rings is 2. The van der Waals surface area contributed by atoms with Crippen molar-refractivity contribution in [1.82, 2.24) is 0 Å². The van der Waals surface area contributed by atoms with Crippen molar-refractivity contribution in [3.63, 3.8) is 0 Å². The van der Waals surface area contributed by atoms with Crippen molar-refractivity contribution in [3.8, 4) is 11.5 Å². The van der Waals surface area contributed by atoms with E-state index in [0.29, 0.717) is 11.5 Å². The van der Waals surface area contributed by atoms with Gasteiger partial charge in [-0.2, -0.15) is 0 Å². The summed E-state index contributed by atoms with van der Waals surface area (Å²) in [7, 11) is 3.16. The minimum Gasteiger partial charge on any atom is -0.493 e. The first-order valence-electron chi connectivity index (χ1n) is 8.82. The number of hydrogen-bond acceptors (Lipinski definition) is 5. The molecule has 0 aromatic heterocycles. The van der Waals surface area contributed by atoms with Gasteiger partial charge in [-0.05, 0) is 37.6 Å². The van der Waals surface area contributed by atoms with E-state index in [0.717, 1.165) is 29.9 Å². The van der Waals surface area contributed by atoms with Crippen LogP contribution in [0.5, 0.6) is 11.5 Å². The monoisotopic (exact) mass is 357 g/mol. The van der Waals surface area contributed by atoms with Crippen LogP contribution in [0.15, 0.2) is 42.5 Å². The van der Waals surface area contributed by atoms with Gasteiger partial charge in [-0.1, -0.05) is 24.3 Å². The van der Waals surface area contributed by atoms with Crippen LogP contribution in [0.4, 0.5) is 5.69 Å². The van der Waals surface area contributed by atoms with Gasteiger partial charge >= 0.3 is 5.97 Å². The molecule has 5 nitrogen and oxygen atoms in total. The SMILES string of the molecule is CCN(CC)c1ccccc1COC(=O)Cc1ccc(OC)c(OC)c1. The standard InChI is InChI=1S/C21H27NO4/c1-5-22(6-2)18-10-8-7-9-17(18)15-26-21(23)14-16-11-12-19(24-3)20(13-16)25-4/h7-13H,5-6,14-15H2,1-4H3. The predicted molar refractivity (Wildman–Crippen MR) is 103 cm³/mol. The number of rotatable bonds is 9. The normalized spacial score (nSPS) is 10.3. The lowest BCUT2D eigenvalue weighted by Gasteiger charge is -2.24. The first-order valence-corrected chi connectivity index (χ1v) is 8.82. The maximum Gasteiger partial charge on any atom is 0.310 e. The lowest BCUT2D eigenvalue weighted by Crippen LogP contribution is -2.23. The molecule has 0 aliphatic carbocycles. The van der Waals surface area contributed by atoms with Crippen LogP contribution in [-0.2, 0) is 22.6 Å². The molecule has 0 unspecified atom stereocenters. The Labute approximate surface area is 155 Å². The Morgan fingerprint density at radius 2 is 1.65 bits per heavy atom. The summed E-state index contributed by atoms with van der Waals surface area (Å²) in [5, 5.41) is 0. The summed E-state index contributed by atoms with van der Waals surface area (Å²) in [5.74, 6) is 0.967. The number of carbonyl (C=O) groups excluding carboxylic acids is 1. The van der Waals surface area contributed by atoms with Crippen molar-refractivity contribution in [2.75, 3.05) is 32.2 Å². The molecular weight excluding hydrogens is 330 g/mol. The number of hydrogen-bond donors (Lipinski definition) is 0. The highest BCUT2D eigenvalue weighted by molar-refractivity contribution is 5.73. The fourth-order valence-corrected chi connectivity index (χ4v) is 2.87. The van der Waals surface area contributed by atoms with Gasteiger partial charge in [0.25, 0.3) is 0 Å². The molecule has 0 amide bonds. The summed E-state index contributed by atoms with van der Waals surface area (Å²) in [6, 6.07) is 13.4. The number of methoxy groups -OCH3 is 2. The molecule has 0 radical (unpaired) electrons. The second-order valence-electron chi connectivity index (χ2n) is 5.83. The number of para-hydroxylation sites is 1. The molecule has 5 heteroatoms. The average Bonchev–Trinajstić information content (AvgIpc) is 2.68. The maximum absolute atomic E-state index is 12.3. The second-order valence-corrected chi connectivity index (χ2v) is 5.83. The van der Waals surface area contributed by atoms with Gasteiger partial charge in [-0.15, -0.1) is 0 Å². The van der Waals surface area contributed by atoms with Crippen LogP contribution >= 0.6 is 0 Å². The van der Waals surface area contributed by atoms with E-state index in [1.54, 1.807) is 26.4 Å². The van der Waals surface area contributed by atoms with Crippen LogP contribution in [0.1, 0.15) is 25.0 Å². The summed E-state index contributed by atoms with van der Waals surface area (Å²) in [6.07, 6.45) is 0.188. The van der Waals surface area contributed by atoms with Gasteiger partial charge < -0.3 is 19.1 Å². The zero-order chi connectivity index (χ0) is 18.9. The predicted octanol–water partition coefficient (Wildman–Crippen LogP) is 3.84. The van der Waals surface area contributed by atoms with Crippen molar-refractivity contribution >= 4 is 11.7 Å². The van der Waals surface area contributed by atoms with Gasteiger partial charge in [0.05, 0.1) is 20.6 Å². The van der Waals surface area contributed by atoms with E-state index in [4.69, 9.17) is 14.2 Å². The molecule has 0 N–H and O–H groups in total. The second kappa shape index (κ2) is 9.70. The van der Waals surface area contributed by atoms with Crippen LogP contribution in [-0.4, -0.2) is 33.3 Å². The number of ether oxygens (including phenoxy) is 3. The average molecular weight is 357 g/mol. The molecule has 2 rings (SSSR count). The van der Waals surface area contributed by atoms with E-state index in [-0.39, 0.29) is 19.0 Å². The molecule has 0 saturated heterocycles. The quantitative estimate of drug-likeness (QED) is 0.638. The van der Waals surface area contributed by atoms with E-state index in [1.807, 2.05) is 24.3 Å². The van der Waals surface area contributed by atoms with Crippen LogP contribution in [0, 0.1) is 0 Å². The molecule has 0 spiro atoms. The molecule has 26 heavy (non-hydrogen) atoms. The third-order valence-corrected chi connectivity index (χ3v) is 4.28. The Morgan fingerprint density at radius 1 is 0.962 bits per heavy atom. The van der Waals surface area contributed by atoms with Crippen molar-refractivity contribution in [3.05, 3.63) is 53.6 Å². The number of nitrogens with zero attached hydrogens (tertiary/aromatic N) is 1. The van der Waals surface area contributed by atoms with Crippen molar-refractivity contribution in [2.24, 2.45) is 0 Å². The van der Waals surface area contributed by atoms with Crippen molar-refractivity contribution in [1.29, 1.82) is 0 Å². The van der Waals surface area contributed by atoms with Gasteiger partial charge in [0.15, 0.2) is 11.5 Å². The summed E-state index contributed by atoms with van der Waals surface area (Å²) in [5.41, 5.74) is 2.94. The highest BCUT2D eigenvalue weighted by Crippen LogP contribution is 2.28. The van der Waals surface area contributed by atoms with Gasteiger partial charge in [-0.3, -0.25) is 4.79 Å². The molecule has 0 atom stereocenters. The molecular formula is C21H27NO4. The summed E-state index contributed by atoms with van der Waals surface area (Å²) in [6.45, 7) is 6.31. The first kappa shape index (κ1) is 19.6. The van der Waals surface area contributed by atoms with Gasteiger partial charge in [0.2, 0.25) is 0 Å². The molecule has 0 saturated carbocycles. The highest BCUT2D eigenvalue weighted by Gasteiger charge is 2.12. The van der Waals surface area contributed by atoms with E-state index < -0.39 is 0 Å².